The van der Waals surface area contributed by atoms with Crippen LogP contribution in [0.3, 0.4) is 0 Å². The van der Waals surface area contributed by atoms with E-state index in [4.69, 9.17) is 20.4 Å². The van der Waals surface area contributed by atoms with Crippen molar-refractivity contribution in [1.82, 2.24) is 0 Å². The number of aliphatic hydroxyl groups is 1. The van der Waals surface area contributed by atoms with Gasteiger partial charge in [0.05, 0.1) is 12.8 Å². The third kappa shape index (κ3) is 7.79. The minimum atomic E-state index is -2.74. The summed E-state index contributed by atoms with van der Waals surface area (Å²) in [4.78, 5) is 30.5. The van der Waals surface area contributed by atoms with Gasteiger partial charge in [0.25, 0.3) is 0 Å². The Hall–Kier alpha value is -0.0975. The van der Waals surface area contributed by atoms with Crippen LogP contribution < -0.4 is 29.6 Å². The van der Waals surface area contributed by atoms with E-state index >= 15 is 0 Å². The molecule has 0 aromatic heterocycles. The number of hydrogen-bond acceptors (Lipinski definition) is 4. The molecule has 0 heterocycles. The van der Waals surface area contributed by atoms with E-state index < -0.39 is 36.4 Å². The Morgan fingerprint density at radius 3 is 1.40 bits per heavy atom. The molecular formula is C6H12AlNaO7. The van der Waals surface area contributed by atoms with E-state index in [0.29, 0.717) is 0 Å². The Morgan fingerprint density at radius 1 is 1.00 bits per heavy atom. The van der Waals surface area contributed by atoms with Gasteiger partial charge in [-0.15, -0.1) is 0 Å². The molecule has 9 heteroatoms. The SMILES string of the molecule is O=C(O)CC(O)(CC(=O)O)C(=O)O.[AlH3].[H-].[Na+]. The van der Waals surface area contributed by atoms with E-state index in [1.54, 1.807) is 0 Å². The Morgan fingerprint density at radius 2 is 1.27 bits per heavy atom. The molecule has 0 bridgehead atoms. The quantitative estimate of drug-likeness (QED) is 0.356. The van der Waals surface area contributed by atoms with Crippen molar-refractivity contribution in [3.8, 4) is 0 Å². The van der Waals surface area contributed by atoms with Gasteiger partial charge in [-0.25, -0.2) is 4.79 Å². The average Bonchev–Trinajstić information content (AvgIpc) is 1.82. The second-order valence-electron chi connectivity index (χ2n) is 2.48. The molecule has 0 amide bonds. The van der Waals surface area contributed by atoms with Crippen molar-refractivity contribution in [1.29, 1.82) is 0 Å². The maximum Gasteiger partial charge on any atom is 1.00 e. The third-order valence-electron chi connectivity index (χ3n) is 1.29. The predicted molar refractivity (Wildman–Crippen MR) is 48.1 cm³/mol. The number of carbonyl (C=O) groups is 3. The van der Waals surface area contributed by atoms with E-state index in [9.17, 15) is 14.4 Å². The fourth-order valence-electron chi connectivity index (χ4n) is 0.714. The maximum atomic E-state index is 10.3. The summed E-state index contributed by atoms with van der Waals surface area (Å²) in [5, 5.41) is 33.8. The van der Waals surface area contributed by atoms with Crippen molar-refractivity contribution >= 4 is 35.3 Å². The zero-order chi connectivity index (χ0) is 10.6. The Labute approximate surface area is 119 Å². The molecule has 0 rings (SSSR count). The van der Waals surface area contributed by atoms with Crippen molar-refractivity contribution < 1.29 is 65.8 Å². The fourth-order valence-corrected chi connectivity index (χ4v) is 0.714. The van der Waals surface area contributed by atoms with Gasteiger partial charge in [-0.05, 0) is 0 Å². The average molecular weight is 246 g/mol. The van der Waals surface area contributed by atoms with Gasteiger partial charge in [-0.3, -0.25) is 9.59 Å². The van der Waals surface area contributed by atoms with Gasteiger partial charge in [-0.2, -0.15) is 0 Å². The molecule has 15 heavy (non-hydrogen) atoms. The first-order valence-corrected chi connectivity index (χ1v) is 3.17. The van der Waals surface area contributed by atoms with Crippen LogP contribution >= 0.6 is 0 Å². The molecule has 0 atom stereocenters. The second-order valence-corrected chi connectivity index (χ2v) is 2.48. The molecule has 4 N–H and O–H groups in total. The summed E-state index contributed by atoms with van der Waals surface area (Å²) in [6.07, 6.45) is -2.29. The van der Waals surface area contributed by atoms with Gasteiger partial charge in [0.1, 0.15) is 0 Å². The van der Waals surface area contributed by atoms with Gasteiger partial charge in [0, 0.05) is 0 Å². The van der Waals surface area contributed by atoms with Crippen LogP contribution in [0.15, 0.2) is 0 Å². The molecule has 0 fully saturated rings. The number of hydrogen-bond donors (Lipinski definition) is 4. The van der Waals surface area contributed by atoms with E-state index in [-0.39, 0.29) is 48.3 Å². The number of aliphatic carboxylic acids is 3. The fraction of sp³-hybridized carbons (Fsp3) is 0.500. The monoisotopic (exact) mass is 246 g/mol. The Bertz CT molecular complexity index is 243. The summed E-state index contributed by atoms with van der Waals surface area (Å²) in [5.74, 6) is -5.02. The van der Waals surface area contributed by atoms with Gasteiger partial charge < -0.3 is 21.9 Å². The molecule has 0 aromatic carbocycles. The van der Waals surface area contributed by atoms with E-state index in [1.807, 2.05) is 0 Å². The molecule has 0 unspecified atom stereocenters. The molecule has 0 aliphatic rings. The molecular weight excluding hydrogens is 234 g/mol. The normalized spacial score (nSPS) is 9.40. The number of rotatable bonds is 5. The standard InChI is InChI=1S/C6H8O7.Al.Na.4H/c7-3(8)1-6(13,5(11)12)2-4(9)10;;;;;;/h13H,1-2H2,(H,7,8)(H,9,10)(H,11,12);;;;;;/q;;+1;;;;-1. The maximum absolute atomic E-state index is 10.3. The predicted octanol–water partition coefficient (Wildman–Crippen LogP) is -5.32. The van der Waals surface area contributed by atoms with E-state index in [0.717, 1.165) is 0 Å². The summed E-state index contributed by atoms with van der Waals surface area (Å²) in [7, 11) is 0. The van der Waals surface area contributed by atoms with Gasteiger partial charge in [-0.1, -0.05) is 0 Å². The minimum absolute atomic E-state index is 0. The van der Waals surface area contributed by atoms with Crippen molar-refractivity contribution in [2.24, 2.45) is 0 Å². The largest absolute Gasteiger partial charge is 1.00 e. The summed E-state index contributed by atoms with van der Waals surface area (Å²) in [5.41, 5.74) is -2.74. The van der Waals surface area contributed by atoms with Crippen LogP contribution in [0.4, 0.5) is 0 Å². The topological polar surface area (TPSA) is 132 Å². The molecule has 0 aliphatic carbocycles. The van der Waals surface area contributed by atoms with Crippen LogP contribution in [-0.2, 0) is 14.4 Å². The second kappa shape index (κ2) is 8.10. The first-order valence-electron chi connectivity index (χ1n) is 3.17. The Balaban J connectivity index is -0.000000240. The van der Waals surface area contributed by atoms with Gasteiger partial charge >= 0.3 is 47.5 Å². The summed E-state index contributed by atoms with van der Waals surface area (Å²) >= 11 is 0. The summed E-state index contributed by atoms with van der Waals surface area (Å²) in [6.45, 7) is 0. The van der Waals surface area contributed by atoms with Crippen LogP contribution in [0.5, 0.6) is 0 Å². The number of carboxylic acid groups (broad SMARTS) is 3. The molecule has 0 radical (unpaired) electrons. The third-order valence-corrected chi connectivity index (χ3v) is 1.29. The number of carboxylic acids is 3. The van der Waals surface area contributed by atoms with Crippen LogP contribution in [-0.4, -0.2) is 61.3 Å². The zero-order valence-electron chi connectivity index (χ0n) is 8.43. The van der Waals surface area contributed by atoms with Crippen LogP contribution in [0, 0.1) is 0 Å². The van der Waals surface area contributed by atoms with Crippen molar-refractivity contribution in [3.63, 3.8) is 0 Å². The summed E-state index contributed by atoms with van der Waals surface area (Å²) < 4.78 is 0. The van der Waals surface area contributed by atoms with E-state index in [2.05, 4.69) is 0 Å². The van der Waals surface area contributed by atoms with E-state index in [1.165, 1.54) is 0 Å². The molecule has 0 saturated heterocycles. The first kappa shape index (κ1) is 20.3. The zero-order valence-corrected chi connectivity index (χ0v) is 9.43. The van der Waals surface area contributed by atoms with Crippen LogP contribution in [0.2, 0.25) is 0 Å². The molecule has 82 valence electrons. The first-order chi connectivity index (χ1) is 5.78. The molecule has 0 aliphatic heterocycles. The van der Waals surface area contributed by atoms with Crippen LogP contribution in [0.25, 0.3) is 0 Å². The molecule has 0 saturated carbocycles. The Kier molecular flexibility index (Phi) is 11.0. The van der Waals surface area contributed by atoms with Crippen molar-refractivity contribution in [2.45, 2.75) is 18.4 Å². The van der Waals surface area contributed by atoms with Crippen molar-refractivity contribution in [2.75, 3.05) is 0 Å². The minimum Gasteiger partial charge on any atom is -1.00 e. The summed E-state index contributed by atoms with van der Waals surface area (Å²) in [6, 6.07) is 0. The molecule has 0 spiro atoms. The van der Waals surface area contributed by atoms with Gasteiger partial charge in [0.2, 0.25) is 0 Å². The van der Waals surface area contributed by atoms with Crippen molar-refractivity contribution in [3.05, 3.63) is 0 Å². The van der Waals surface area contributed by atoms with Gasteiger partial charge in [0.15, 0.2) is 23.0 Å². The van der Waals surface area contributed by atoms with Crippen LogP contribution in [0.1, 0.15) is 14.3 Å². The smallest absolute Gasteiger partial charge is 1.00 e. The molecule has 0 aromatic rings. The molecule has 7 nitrogen and oxygen atoms in total.